The monoisotopic (exact) mass is 404 g/mol. The first kappa shape index (κ1) is 19.0. The van der Waals surface area contributed by atoms with Gasteiger partial charge in [-0.2, -0.15) is 0 Å². The second-order valence-electron chi connectivity index (χ2n) is 6.62. The fourth-order valence-electron chi connectivity index (χ4n) is 2.92. The molecule has 1 N–H and O–H groups in total. The van der Waals surface area contributed by atoms with Crippen LogP contribution in [0.15, 0.2) is 72.8 Å². The van der Waals surface area contributed by atoms with Crippen LogP contribution in [0.5, 0.6) is 22.4 Å². The van der Waals surface area contributed by atoms with E-state index >= 15 is 0 Å². The molecular formula is C23H20N2O3S. The van der Waals surface area contributed by atoms with Crippen LogP contribution >= 0.6 is 11.3 Å². The van der Waals surface area contributed by atoms with Crippen LogP contribution in [0.25, 0.3) is 10.2 Å². The number of thiazole rings is 1. The molecule has 4 aromatic rings. The lowest BCUT2D eigenvalue weighted by Gasteiger charge is -2.12. The van der Waals surface area contributed by atoms with Gasteiger partial charge in [0.05, 0.1) is 16.3 Å². The van der Waals surface area contributed by atoms with Crippen LogP contribution in [0.1, 0.15) is 25.5 Å². The minimum atomic E-state index is -0.0551. The van der Waals surface area contributed by atoms with Crippen molar-refractivity contribution in [3.05, 3.63) is 78.4 Å². The first-order valence-electron chi connectivity index (χ1n) is 9.25. The van der Waals surface area contributed by atoms with E-state index in [0.29, 0.717) is 10.9 Å². The van der Waals surface area contributed by atoms with Crippen LogP contribution in [-0.4, -0.2) is 10.9 Å². The number of carbonyl (C=O) groups excluding carboxylic acids is 1. The van der Waals surface area contributed by atoms with Gasteiger partial charge in [-0.15, -0.1) is 0 Å². The van der Waals surface area contributed by atoms with Crippen molar-refractivity contribution in [3.8, 4) is 22.4 Å². The maximum atomic E-state index is 11.3. The summed E-state index contributed by atoms with van der Waals surface area (Å²) >= 11 is 1.47. The molecule has 1 amide bonds. The summed E-state index contributed by atoms with van der Waals surface area (Å²) in [5, 5.41) is 3.47. The van der Waals surface area contributed by atoms with Crippen LogP contribution in [0.2, 0.25) is 0 Å². The first-order valence-corrected chi connectivity index (χ1v) is 10.1. The average Bonchev–Trinajstić information content (AvgIpc) is 3.11. The Balaban J connectivity index is 1.46. The third-order valence-corrected chi connectivity index (χ3v) is 5.22. The summed E-state index contributed by atoms with van der Waals surface area (Å²) in [6.45, 7) is 3.48. The number of hydrogen-bond acceptors (Lipinski definition) is 5. The second-order valence-corrected chi connectivity index (χ2v) is 7.61. The van der Waals surface area contributed by atoms with Crippen LogP contribution in [0, 0.1) is 0 Å². The molecule has 1 atom stereocenters. The van der Waals surface area contributed by atoms with Gasteiger partial charge in [-0.05, 0) is 61.0 Å². The largest absolute Gasteiger partial charge is 0.457 e. The number of ether oxygens (including phenoxy) is 2. The number of hydrogen-bond donors (Lipinski definition) is 1. The number of rotatable bonds is 6. The lowest BCUT2D eigenvalue weighted by atomic mass is 10.1. The van der Waals surface area contributed by atoms with Crippen molar-refractivity contribution >= 4 is 27.5 Å². The Morgan fingerprint density at radius 1 is 0.931 bits per heavy atom. The van der Waals surface area contributed by atoms with Crippen LogP contribution < -0.4 is 14.8 Å². The number of nitrogens with one attached hydrogen (secondary N) is 1. The lowest BCUT2D eigenvalue weighted by molar-refractivity contribution is -0.119. The predicted octanol–water partition coefficient (Wildman–Crippen LogP) is 6.08. The Hall–Kier alpha value is -3.38. The number of carbonyl (C=O) groups is 1. The van der Waals surface area contributed by atoms with Crippen LogP contribution in [0.3, 0.4) is 0 Å². The van der Waals surface area contributed by atoms with E-state index in [1.165, 1.54) is 18.3 Å². The normalized spacial score (nSPS) is 11.8. The summed E-state index contributed by atoms with van der Waals surface area (Å²) in [5.74, 6) is 2.17. The SMILES string of the molecule is CC(=O)NC(C)c1ccc2nc(Oc3ccc(Oc4ccccc4)cc3)sc2c1. The van der Waals surface area contributed by atoms with E-state index in [-0.39, 0.29) is 11.9 Å². The molecule has 0 bridgehead atoms. The summed E-state index contributed by atoms with van der Waals surface area (Å²) < 4.78 is 12.7. The van der Waals surface area contributed by atoms with Gasteiger partial charge in [0, 0.05) is 6.92 Å². The van der Waals surface area contributed by atoms with E-state index in [2.05, 4.69) is 10.3 Å². The third kappa shape index (κ3) is 4.73. The Morgan fingerprint density at radius 3 is 2.28 bits per heavy atom. The molecule has 0 aliphatic heterocycles. The molecule has 29 heavy (non-hydrogen) atoms. The predicted molar refractivity (Wildman–Crippen MR) is 115 cm³/mol. The fraction of sp³-hybridized carbons (Fsp3) is 0.130. The van der Waals surface area contributed by atoms with Crippen LogP contribution in [-0.2, 0) is 4.79 Å². The highest BCUT2D eigenvalue weighted by Gasteiger charge is 2.11. The molecule has 1 heterocycles. The van der Waals surface area contributed by atoms with E-state index in [0.717, 1.165) is 27.3 Å². The molecular weight excluding hydrogens is 384 g/mol. The summed E-state index contributed by atoms with van der Waals surface area (Å²) in [4.78, 5) is 15.8. The molecule has 6 heteroatoms. The molecule has 0 saturated heterocycles. The van der Waals surface area contributed by atoms with E-state index < -0.39 is 0 Å². The summed E-state index contributed by atoms with van der Waals surface area (Å²) in [5.41, 5.74) is 1.90. The maximum absolute atomic E-state index is 11.3. The van der Waals surface area contributed by atoms with Gasteiger partial charge in [0.2, 0.25) is 5.91 Å². The molecule has 0 fully saturated rings. The minimum Gasteiger partial charge on any atom is -0.457 e. The van der Waals surface area contributed by atoms with Gasteiger partial charge in [-0.25, -0.2) is 4.98 Å². The number of aromatic nitrogens is 1. The quantitative estimate of drug-likeness (QED) is 0.423. The van der Waals surface area contributed by atoms with Crippen molar-refractivity contribution in [2.24, 2.45) is 0 Å². The zero-order valence-corrected chi connectivity index (χ0v) is 16.9. The Morgan fingerprint density at radius 2 is 1.59 bits per heavy atom. The highest BCUT2D eigenvalue weighted by molar-refractivity contribution is 7.20. The summed E-state index contributed by atoms with van der Waals surface area (Å²) in [6, 6.07) is 23.0. The topological polar surface area (TPSA) is 60.5 Å². The number of benzene rings is 3. The van der Waals surface area contributed by atoms with E-state index in [9.17, 15) is 4.79 Å². The van der Waals surface area contributed by atoms with Crippen molar-refractivity contribution in [2.45, 2.75) is 19.9 Å². The molecule has 5 nitrogen and oxygen atoms in total. The van der Waals surface area contributed by atoms with Crippen molar-refractivity contribution in [1.29, 1.82) is 0 Å². The minimum absolute atomic E-state index is 0.0504. The molecule has 146 valence electrons. The van der Waals surface area contributed by atoms with Crippen molar-refractivity contribution in [3.63, 3.8) is 0 Å². The molecule has 0 spiro atoms. The fourth-order valence-corrected chi connectivity index (χ4v) is 3.81. The Bertz CT molecular complexity index is 1120. The van der Waals surface area contributed by atoms with Crippen molar-refractivity contribution in [2.75, 3.05) is 0 Å². The molecule has 0 radical (unpaired) electrons. The molecule has 3 aromatic carbocycles. The van der Waals surface area contributed by atoms with Gasteiger partial charge in [-0.3, -0.25) is 4.79 Å². The van der Waals surface area contributed by atoms with Crippen LogP contribution in [0.4, 0.5) is 0 Å². The maximum Gasteiger partial charge on any atom is 0.279 e. The smallest absolute Gasteiger partial charge is 0.279 e. The zero-order chi connectivity index (χ0) is 20.2. The Labute approximate surface area is 172 Å². The summed E-state index contributed by atoms with van der Waals surface area (Å²) in [7, 11) is 0. The van der Waals surface area contributed by atoms with Gasteiger partial charge >= 0.3 is 0 Å². The van der Waals surface area contributed by atoms with E-state index in [4.69, 9.17) is 9.47 Å². The van der Waals surface area contributed by atoms with Crippen molar-refractivity contribution < 1.29 is 14.3 Å². The van der Waals surface area contributed by atoms with Gasteiger partial charge in [-0.1, -0.05) is 35.6 Å². The van der Waals surface area contributed by atoms with Crippen molar-refractivity contribution in [1.82, 2.24) is 10.3 Å². The van der Waals surface area contributed by atoms with Gasteiger partial charge in [0.25, 0.3) is 5.19 Å². The molecule has 1 unspecified atom stereocenters. The van der Waals surface area contributed by atoms with Gasteiger partial charge in [0.1, 0.15) is 17.2 Å². The summed E-state index contributed by atoms with van der Waals surface area (Å²) in [6.07, 6.45) is 0. The molecule has 0 aliphatic carbocycles. The Kier molecular flexibility index (Phi) is 5.44. The molecule has 0 saturated carbocycles. The zero-order valence-electron chi connectivity index (χ0n) is 16.1. The van der Waals surface area contributed by atoms with Gasteiger partial charge < -0.3 is 14.8 Å². The number of para-hydroxylation sites is 1. The van der Waals surface area contributed by atoms with E-state index in [1.54, 1.807) is 0 Å². The van der Waals surface area contributed by atoms with Gasteiger partial charge in [0.15, 0.2) is 0 Å². The molecule has 0 aliphatic rings. The standard InChI is InChI=1S/C23H20N2O3S/c1-15(24-16(2)26)17-8-13-21-22(14-17)29-23(25-21)28-20-11-9-19(10-12-20)27-18-6-4-3-5-7-18/h3-15H,1-2H3,(H,24,26). The highest BCUT2D eigenvalue weighted by Crippen LogP contribution is 2.33. The highest BCUT2D eigenvalue weighted by atomic mass is 32.1. The first-order chi connectivity index (χ1) is 14.1. The van der Waals surface area contributed by atoms with E-state index in [1.807, 2.05) is 79.7 Å². The number of nitrogens with zero attached hydrogens (tertiary/aromatic N) is 1. The molecule has 1 aromatic heterocycles. The second kappa shape index (κ2) is 8.32. The third-order valence-electron chi connectivity index (χ3n) is 4.32. The molecule has 4 rings (SSSR count). The number of fused-ring (bicyclic) bond motifs is 1. The lowest BCUT2D eigenvalue weighted by Crippen LogP contribution is -2.23. The average molecular weight is 404 g/mol. The number of amides is 1.